The van der Waals surface area contributed by atoms with Crippen LogP contribution < -0.4 is 10.1 Å². The number of likely N-dealkylation sites (tertiary alicyclic amines) is 1. The Morgan fingerprint density at radius 1 is 1.12 bits per heavy atom. The van der Waals surface area contributed by atoms with Crippen LogP contribution in [0.15, 0.2) is 48.5 Å². The van der Waals surface area contributed by atoms with Gasteiger partial charge in [-0.25, -0.2) is 4.39 Å². The zero-order valence-electron chi connectivity index (χ0n) is 14.3. The summed E-state index contributed by atoms with van der Waals surface area (Å²) < 4.78 is 18.4. The van der Waals surface area contributed by atoms with Crippen LogP contribution in [0.25, 0.3) is 0 Å². The number of hydrogen-bond donors (Lipinski definition) is 2. The van der Waals surface area contributed by atoms with Gasteiger partial charge in [0.15, 0.2) is 0 Å². The molecule has 1 aliphatic heterocycles. The van der Waals surface area contributed by atoms with Crippen LogP contribution in [0.5, 0.6) is 5.75 Å². The zero-order chi connectivity index (χ0) is 17.5. The van der Waals surface area contributed by atoms with E-state index in [1.54, 1.807) is 12.1 Å². The van der Waals surface area contributed by atoms with Gasteiger partial charge in [-0.05, 0) is 61.3 Å². The van der Waals surface area contributed by atoms with Gasteiger partial charge in [0.2, 0.25) is 0 Å². The number of anilines is 1. The van der Waals surface area contributed by atoms with Crippen LogP contribution in [-0.2, 0) is 6.54 Å². The standard InChI is InChI=1S/C20H25FN2O2/c21-17-5-7-18(8-6-17)22-19-2-1-11-23(15-19)14-16-3-9-20(10-4-16)25-13-12-24/h3-10,19,22,24H,1-2,11-15H2/t19-/m1/s1. The van der Waals surface area contributed by atoms with E-state index in [0.29, 0.717) is 12.6 Å². The maximum atomic E-state index is 13.0. The lowest BCUT2D eigenvalue weighted by Gasteiger charge is -2.33. The zero-order valence-corrected chi connectivity index (χ0v) is 14.3. The first kappa shape index (κ1) is 17.7. The van der Waals surface area contributed by atoms with E-state index in [9.17, 15) is 4.39 Å². The van der Waals surface area contributed by atoms with E-state index in [1.807, 2.05) is 12.1 Å². The number of aliphatic hydroxyl groups is 1. The summed E-state index contributed by atoms with van der Waals surface area (Å²) in [7, 11) is 0. The molecule has 5 heteroatoms. The molecule has 0 radical (unpaired) electrons. The summed E-state index contributed by atoms with van der Waals surface area (Å²) in [6.45, 7) is 3.31. The molecule has 1 atom stereocenters. The fourth-order valence-electron chi connectivity index (χ4n) is 3.21. The third-order valence-electron chi connectivity index (χ3n) is 4.41. The molecule has 2 aromatic rings. The summed E-state index contributed by atoms with van der Waals surface area (Å²) >= 11 is 0. The molecule has 4 nitrogen and oxygen atoms in total. The van der Waals surface area contributed by atoms with Crippen molar-refractivity contribution in [3.05, 3.63) is 59.9 Å². The van der Waals surface area contributed by atoms with Crippen molar-refractivity contribution < 1.29 is 14.2 Å². The molecule has 2 N–H and O–H groups in total. The molecule has 0 aromatic heterocycles. The highest BCUT2D eigenvalue weighted by Gasteiger charge is 2.19. The van der Waals surface area contributed by atoms with E-state index in [-0.39, 0.29) is 12.4 Å². The molecule has 1 heterocycles. The van der Waals surface area contributed by atoms with Gasteiger partial charge in [-0.3, -0.25) is 4.90 Å². The second-order valence-corrected chi connectivity index (χ2v) is 6.44. The average Bonchev–Trinajstić information content (AvgIpc) is 2.63. The summed E-state index contributed by atoms with van der Waals surface area (Å²) in [5, 5.41) is 12.3. The number of halogens is 1. The van der Waals surface area contributed by atoms with Gasteiger partial charge in [0, 0.05) is 24.8 Å². The molecule has 0 unspecified atom stereocenters. The number of benzene rings is 2. The summed E-state index contributed by atoms with van der Waals surface area (Å²) in [6.07, 6.45) is 2.28. The highest BCUT2D eigenvalue weighted by Crippen LogP contribution is 2.19. The lowest BCUT2D eigenvalue weighted by atomic mass is 10.0. The van der Waals surface area contributed by atoms with Crippen molar-refractivity contribution in [3.8, 4) is 5.75 Å². The third-order valence-corrected chi connectivity index (χ3v) is 4.41. The molecule has 2 aromatic carbocycles. The number of nitrogens with one attached hydrogen (secondary N) is 1. The quantitative estimate of drug-likeness (QED) is 0.809. The Hall–Kier alpha value is -2.11. The van der Waals surface area contributed by atoms with Crippen LogP contribution in [0.4, 0.5) is 10.1 Å². The lowest BCUT2D eigenvalue weighted by molar-refractivity contribution is 0.200. The third kappa shape index (κ3) is 5.44. The predicted molar refractivity (Wildman–Crippen MR) is 97.3 cm³/mol. The predicted octanol–water partition coefficient (Wildman–Crippen LogP) is 3.27. The molecule has 134 valence electrons. The van der Waals surface area contributed by atoms with Crippen molar-refractivity contribution in [2.45, 2.75) is 25.4 Å². The van der Waals surface area contributed by atoms with Crippen molar-refractivity contribution in [2.24, 2.45) is 0 Å². The number of hydrogen-bond acceptors (Lipinski definition) is 4. The van der Waals surface area contributed by atoms with Gasteiger partial charge in [0.1, 0.15) is 18.2 Å². The molecule has 0 aliphatic carbocycles. The number of rotatable bonds is 7. The van der Waals surface area contributed by atoms with Crippen molar-refractivity contribution in [2.75, 3.05) is 31.6 Å². The average molecular weight is 344 g/mol. The molecule has 1 fully saturated rings. The van der Waals surface area contributed by atoms with Crippen molar-refractivity contribution >= 4 is 5.69 Å². The van der Waals surface area contributed by atoms with Crippen LogP contribution in [-0.4, -0.2) is 42.4 Å². The number of piperidine rings is 1. The monoisotopic (exact) mass is 344 g/mol. The highest BCUT2D eigenvalue weighted by atomic mass is 19.1. The molecular weight excluding hydrogens is 319 g/mol. The number of ether oxygens (including phenoxy) is 1. The summed E-state index contributed by atoms with van der Waals surface area (Å²) in [5.41, 5.74) is 2.22. The van der Waals surface area contributed by atoms with Crippen molar-refractivity contribution in [1.29, 1.82) is 0 Å². The lowest BCUT2D eigenvalue weighted by Crippen LogP contribution is -2.41. The number of nitrogens with zero attached hydrogens (tertiary/aromatic N) is 1. The Bertz CT molecular complexity index is 646. The van der Waals surface area contributed by atoms with Crippen LogP contribution in [0.3, 0.4) is 0 Å². The maximum Gasteiger partial charge on any atom is 0.123 e. The maximum absolute atomic E-state index is 13.0. The van der Waals surface area contributed by atoms with Gasteiger partial charge in [0.05, 0.1) is 6.61 Å². The van der Waals surface area contributed by atoms with E-state index in [0.717, 1.165) is 43.9 Å². The molecule has 1 saturated heterocycles. The van der Waals surface area contributed by atoms with Gasteiger partial charge >= 0.3 is 0 Å². The molecule has 3 rings (SSSR count). The van der Waals surface area contributed by atoms with Gasteiger partial charge in [-0.15, -0.1) is 0 Å². The van der Waals surface area contributed by atoms with Crippen LogP contribution >= 0.6 is 0 Å². The molecule has 25 heavy (non-hydrogen) atoms. The van der Waals surface area contributed by atoms with Gasteiger partial charge in [-0.2, -0.15) is 0 Å². The Balaban J connectivity index is 1.51. The van der Waals surface area contributed by atoms with Gasteiger partial charge in [0.25, 0.3) is 0 Å². The first-order valence-electron chi connectivity index (χ1n) is 8.80. The Morgan fingerprint density at radius 3 is 2.60 bits per heavy atom. The topological polar surface area (TPSA) is 44.7 Å². The summed E-state index contributed by atoms with van der Waals surface area (Å²) in [5.74, 6) is 0.578. The van der Waals surface area contributed by atoms with E-state index in [4.69, 9.17) is 9.84 Å². The fraction of sp³-hybridized carbons (Fsp3) is 0.400. The van der Waals surface area contributed by atoms with Crippen molar-refractivity contribution in [3.63, 3.8) is 0 Å². The second kappa shape index (κ2) is 8.83. The van der Waals surface area contributed by atoms with Crippen LogP contribution in [0.2, 0.25) is 0 Å². The first-order valence-corrected chi connectivity index (χ1v) is 8.80. The first-order chi connectivity index (χ1) is 12.2. The molecule has 1 aliphatic rings. The van der Waals surface area contributed by atoms with Gasteiger partial charge < -0.3 is 15.2 Å². The molecule has 0 saturated carbocycles. The molecular formula is C20H25FN2O2. The molecule has 0 amide bonds. The second-order valence-electron chi connectivity index (χ2n) is 6.44. The molecule has 0 bridgehead atoms. The largest absolute Gasteiger partial charge is 0.491 e. The Morgan fingerprint density at radius 2 is 1.88 bits per heavy atom. The Labute approximate surface area is 148 Å². The minimum absolute atomic E-state index is 0.0258. The fourth-order valence-corrected chi connectivity index (χ4v) is 3.21. The van der Waals surface area contributed by atoms with E-state index in [1.165, 1.54) is 17.7 Å². The van der Waals surface area contributed by atoms with E-state index in [2.05, 4.69) is 22.3 Å². The Kier molecular flexibility index (Phi) is 6.25. The number of aliphatic hydroxyl groups excluding tert-OH is 1. The highest BCUT2D eigenvalue weighted by molar-refractivity contribution is 5.44. The molecule has 0 spiro atoms. The van der Waals surface area contributed by atoms with Crippen LogP contribution in [0.1, 0.15) is 18.4 Å². The van der Waals surface area contributed by atoms with Crippen LogP contribution in [0, 0.1) is 5.82 Å². The van der Waals surface area contributed by atoms with Crippen molar-refractivity contribution in [1.82, 2.24) is 4.90 Å². The SMILES string of the molecule is OCCOc1ccc(CN2CCC[C@@H](Nc3ccc(F)cc3)C2)cc1. The normalized spacial score (nSPS) is 18.1. The smallest absolute Gasteiger partial charge is 0.123 e. The minimum Gasteiger partial charge on any atom is -0.491 e. The van der Waals surface area contributed by atoms with E-state index < -0.39 is 0 Å². The summed E-state index contributed by atoms with van der Waals surface area (Å²) in [4.78, 5) is 2.44. The minimum atomic E-state index is -0.206. The van der Waals surface area contributed by atoms with Gasteiger partial charge in [-0.1, -0.05) is 12.1 Å². The van der Waals surface area contributed by atoms with E-state index >= 15 is 0 Å². The summed E-state index contributed by atoms with van der Waals surface area (Å²) in [6, 6.07) is 15.0.